The monoisotopic (exact) mass is 222 g/mol. The van der Waals surface area contributed by atoms with Crippen LogP contribution in [0.1, 0.15) is 25.6 Å². The van der Waals surface area contributed by atoms with Crippen LogP contribution in [-0.4, -0.2) is 20.9 Å². The lowest BCUT2D eigenvalue weighted by Gasteiger charge is -2.17. The van der Waals surface area contributed by atoms with Gasteiger partial charge in [-0.05, 0) is 18.5 Å². The van der Waals surface area contributed by atoms with Crippen LogP contribution in [0.5, 0.6) is 0 Å². The van der Waals surface area contributed by atoms with Gasteiger partial charge < -0.3 is 5.73 Å². The molecule has 1 aromatic rings. The van der Waals surface area contributed by atoms with Gasteiger partial charge in [0.15, 0.2) is 0 Å². The summed E-state index contributed by atoms with van der Waals surface area (Å²) in [6.45, 7) is 2.08. The van der Waals surface area contributed by atoms with E-state index >= 15 is 0 Å². The minimum Gasteiger partial charge on any atom is -0.368 e. The Morgan fingerprint density at radius 1 is 1.36 bits per heavy atom. The van der Waals surface area contributed by atoms with Crippen LogP contribution in [0, 0.1) is 0 Å². The molecular formula is C7H9ClF2N4. The lowest BCUT2D eigenvalue weighted by molar-refractivity contribution is -0.00477. The Morgan fingerprint density at radius 2 is 1.93 bits per heavy atom. The summed E-state index contributed by atoms with van der Waals surface area (Å²) < 4.78 is 25.8. The Hall–Kier alpha value is -1.04. The minimum absolute atomic E-state index is 0.102. The molecule has 0 bridgehead atoms. The first-order chi connectivity index (χ1) is 6.30. The second kappa shape index (κ2) is 3.61. The second-order valence-electron chi connectivity index (χ2n) is 3.00. The van der Waals surface area contributed by atoms with E-state index in [9.17, 15) is 8.78 Å². The quantitative estimate of drug-likeness (QED) is 0.830. The summed E-state index contributed by atoms with van der Waals surface area (Å²) in [6, 6.07) is 0. The molecule has 1 aromatic heterocycles. The molecule has 0 aliphatic heterocycles. The molecule has 1 heterocycles. The summed E-state index contributed by atoms with van der Waals surface area (Å²) in [4.78, 5) is 10.6. The summed E-state index contributed by atoms with van der Waals surface area (Å²) in [5.74, 6) is -4.33. The number of rotatable bonds is 2. The Balaban J connectivity index is 3.07. The largest absolute Gasteiger partial charge is 0.368 e. The average molecular weight is 223 g/mol. The Kier molecular flexibility index (Phi) is 2.84. The lowest BCUT2D eigenvalue weighted by Crippen LogP contribution is -2.22. The zero-order valence-electron chi connectivity index (χ0n) is 7.63. The fraction of sp³-hybridized carbons (Fsp3) is 0.571. The van der Waals surface area contributed by atoms with E-state index in [1.165, 1.54) is 6.92 Å². The number of aromatic nitrogens is 3. The maximum atomic E-state index is 12.9. The summed E-state index contributed by atoms with van der Waals surface area (Å²) >= 11 is 5.46. The van der Waals surface area contributed by atoms with Gasteiger partial charge in [-0.1, -0.05) is 0 Å². The van der Waals surface area contributed by atoms with Crippen molar-refractivity contribution in [1.82, 2.24) is 15.0 Å². The maximum absolute atomic E-state index is 12.9. The van der Waals surface area contributed by atoms with Crippen molar-refractivity contribution in [3.8, 4) is 0 Å². The van der Waals surface area contributed by atoms with E-state index in [0.717, 1.165) is 6.92 Å². The van der Waals surface area contributed by atoms with E-state index in [4.69, 9.17) is 17.3 Å². The molecule has 0 saturated heterocycles. The first kappa shape index (κ1) is 11.0. The molecule has 1 rings (SSSR count). The molecule has 0 saturated carbocycles. The number of alkyl halides is 2. The highest BCUT2D eigenvalue weighted by molar-refractivity contribution is 6.28. The zero-order valence-corrected chi connectivity index (χ0v) is 8.39. The van der Waals surface area contributed by atoms with Gasteiger partial charge in [0.05, 0.1) is 5.92 Å². The van der Waals surface area contributed by atoms with Gasteiger partial charge in [-0.15, -0.1) is 0 Å². The first-order valence-electron chi connectivity index (χ1n) is 3.85. The number of hydrogen-bond acceptors (Lipinski definition) is 4. The predicted molar refractivity (Wildman–Crippen MR) is 48.3 cm³/mol. The van der Waals surface area contributed by atoms with E-state index in [2.05, 4.69) is 15.0 Å². The fourth-order valence-corrected chi connectivity index (χ4v) is 0.975. The second-order valence-corrected chi connectivity index (χ2v) is 3.34. The van der Waals surface area contributed by atoms with Crippen molar-refractivity contribution in [1.29, 1.82) is 0 Å². The first-order valence-corrected chi connectivity index (χ1v) is 4.23. The number of hydrogen-bond donors (Lipinski definition) is 1. The van der Waals surface area contributed by atoms with Crippen molar-refractivity contribution in [3.05, 3.63) is 11.1 Å². The highest BCUT2D eigenvalue weighted by Gasteiger charge is 2.34. The minimum atomic E-state index is -2.92. The van der Waals surface area contributed by atoms with Crippen LogP contribution < -0.4 is 5.73 Å². The van der Waals surface area contributed by atoms with Crippen molar-refractivity contribution in [2.75, 3.05) is 5.73 Å². The number of nitrogens with two attached hydrogens (primary N) is 1. The molecule has 0 aliphatic carbocycles. The highest BCUT2D eigenvalue weighted by Crippen LogP contribution is 2.30. The van der Waals surface area contributed by atoms with Gasteiger partial charge >= 0.3 is 0 Å². The van der Waals surface area contributed by atoms with E-state index in [1.54, 1.807) is 0 Å². The van der Waals surface area contributed by atoms with E-state index in [0.29, 0.717) is 0 Å². The fourth-order valence-electron chi connectivity index (χ4n) is 0.802. The van der Waals surface area contributed by atoms with Crippen molar-refractivity contribution in [3.63, 3.8) is 0 Å². The van der Waals surface area contributed by atoms with Crippen LogP contribution in [0.25, 0.3) is 0 Å². The molecule has 1 unspecified atom stereocenters. The summed E-state index contributed by atoms with van der Waals surface area (Å²) in [5, 5.41) is -0.177. The standard InChI is InChI=1S/C7H9ClF2N4/c1-3(7(2,9)10)4-12-5(8)14-6(11)13-4/h3H,1-2H3,(H2,11,12,13,14). The van der Waals surface area contributed by atoms with E-state index < -0.39 is 11.8 Å². The molecule has 4 nitrogen and oxygen atoms in total. The van der Waals surface area contributed by atoms with Gasteiger partial charge in [0.25, 0.3) is 5.92 Å². The van der Waals surface area contributed by atoms with Crippen molar-refractivity contribution < 1.29 is 8.78 Å². The van der Waals surface area contributed by atoms with Crippen LogP contribution in [0.4, 0.5) is 14.7 Å². The van der Waals surface area contributed by atoms with Gasteiger partial charge in [-0.3, -0.25) is 0 Å². The lowest BCUT2D eigenvalue weighted by atomic mass is 10.1. The smallest absolute Gasteiger partial charge is 0.254 e. The zero-order chi connectivity index (χ0) is 10.9. The molecular weight excluding hydrogens is 214 g/mol. The van der Waals surface area contributed by atoms with Crippen molar-refractivity contribution in [2.45, 2.75) is 25.7 Å². The number of halogens is 3. The molecule has 0 fully saturated rings. The van der Waals surface area contributed by atoms with Crippen LogP contribution in [0.15, 0.2) is 0 Å². The highest BCUT2D eigenvalue weighted by atomic mass is 35.5. The molecule has 7 heteroatoms. The topological polar surface area (TPSA) is 64.7 Å². The molecule has 1 atom stereocenters. The van der Waals surface area contributed by atoms with Gasteiger partial charge in [0.1, 0.15) is 5.82 Å². The van der Waals surface area contributed by atoms with Gasteiger partial charge in [0.2, 0.25) is 11.2 Å². The average Bonchev–Trinajstić information content (AvgIpc) is 1.99. The molecule has 78 valence electrons. The molecule has 2 N–H and O–H groups in total. The Labute approximate surface area is 84.5 Å². The molecule has 0 spiro atoms. The molecule has 0 radical (unpaired) electrons. The Morgan fingerprint density at radius 3 is 2.36 bits per heavy atom. The maximum Gasteiger partial charge on any atom is 0.254 e. The van der Waals surface area contributed by atoms with Crippen LogP contribution in [0.3, 0.4) is 0 Å². The third kappa shape index (κ3) is 2.47. The molecule has 0 amide bonds. The third-order valence-electron chi connectivity index (χ3n) is 1.79. The van der Waals surface area contributed by atoms with E-state index in [1.807, 2.05) is 0 Å². The van der Waals surface area contributed by atoms with Crippen LogP contribution in [-0.2, 0) is 0 Å². The SMILES string of the molecule is CC(c1nc(N)nc(Cl)n1)C(C)(F)F. The summed E-state index contributed by atoms with van der Waals surface area (Å²) in [5.41, 5.74) is 5.25. The predicted octanol–water partition coefficient (Wildman–Crippen LogP) is 1.87. The van der Waals surface area contributed by atoms with Gasteiger partial charge in [-0.2, -0.15) is 9.97 Å². The third-order valence-corrected chi connectivity index (χ3v) is 1.96. The normalized spacial score (nSPS) is 14.1. The Bertz CT molecular complexity index is 319. The van der Waals surface area contributed by atoms with Crippen molar-refractivity contribution in [2.24, 2.45) is 0 Å². The van der Waals surface area contributed by atoms with Crippen molar-refractivity contribution >= 4 is 17.5 Å². The molecule has 0 aliphatic rings. The van der Waals surface area contributed by atoms with E-state index in [-0.39, 0.29) is 17.1 Å². The van der Waals surface area contributed by atoms with Gasteiger partial charge in [0, 0.05) is 6.92 Å². The van der Waals surface area contributed by atoms with Crippen LogP contribution in [0.2, 0.25) is 5.28 Å². The number of anilines is 1. The summed E-state index contributed by atoms with van der Waals surface area (Å²) in [7, 11) is 0. The molecule has 0 aromatic carbocycles. The molecule has 14 heavy (non-hydrogen) atoms. The number of nitrogen functional groups attached to an aromatic ring is 1. The number of nitrogens with zero attached hydrogens (tertiary/aromatic N) is 3. The summed E-state index contributed by atoms with van der Waals surface area (Å²) in [6.07, 6.45) is 0. The van der Waals surface area contributed by atoms with Crippen LogP contribution >= 0.6 is 11.6 Å². The van der Waals surface area contributed by atoms with Gasteiger partial charge in [-0.25, -0.2) is 13.8 Å².